The SMILES string of the molecule is CCc1c(O)c(CC)c(Br)c(CC)c1Br. The van der Waals surface area contributed by atoms with E-state index in [-0.39, 0.29) is 0 Å². The minimum absolute atomic E-state index is 0.441. The summed E-state index contributed by atoms with van der Waals surface area (Å²) in [4.78, 5) is 0. The van der Waals surface area contributed by atoms with Gasteiger partial charge in [-0.2, -0.15) is 0 Å². The molecule has 1 aromatic carbocycles. The second kappa shape index (κ2) is 5.35. The van der Waals surface area contributed by atoms with Gasteiger partial charge in [-0.25, -0.2) is 0 Å². The van der Waals surface area contributed by atoms with E-state index in [2.05, 4.69) is 52.6 Å². The molecule has 0 amide bonds. The largest absolute Gasteiger partial charge is 0.507 e. The summed E-state index contributed by atoms with van der Waals surface area (Å²) in [7, 11) is 0. The Bertz CT molecular complexity index is 294. The summed E-state index contributed by atoms with van der Waals surface area (Å²) in [5.74, 6) is 0.441. The lowest BCUT2D eigenvalue weighted by Gasteiger charge is -2.16. The molecular weight excluding hydrogens is 320 g/mol. The first-order valence-electron chi connectivity index (χ1n) is 5.28. The molecule has 1 N–H and O–H groups in total. The molecule has 1 rings (SSSR count). The number of hydrogen-bond acceptors (Lipinski definition) is 1. The number of benzene rings is 1. The van der Waals surface area contributed by atoms with Crippen molar-refractivity contribution < 1.29 is 5.11 Å². The zero-order valence-corrected chi connectivity index (χ0v) is 12.5. The molecule has 15 heavy (non-hydrogen) atoms. The van der Waals surface area contributed by atoms with E-state index in [4.69, 9.17) is 0 Å². The second-order valence-electron chi connectivity index (χ2n) is 3.47. The first kappa shape index (κ1) is 13.0. The van der Waals surface area contributed by atoms with Crippen LogP contribution in [0.15, 0.2) is 8.95 Å². The molecular formula is C12H16Br2O. The van der Waals surface area contributed by atoms with Crippen molar-refractivity contribution in [3.05, 3.63) is 25.6 Å². The molecule has 1 nitrogen and oxygen atoms in total. The Hall–Kier alpha value is -0.0200. The van der Waals surface area contributed by atoms with E-state index in [1.54, 1.807) is 0 Å². The van der Waals surface area contributed by atoms with Crippen molar-refractivity contribution in [2.75, 3.05) is 0 Å². The van der Waals surface area contributed by atoms with Crippen molar-refractivity contribution >= 4 is 31.9 Å². The standard InChI is InChI=1S/C12H16Br2O/c1-4-7-10(13)8(5-2)12(15)9(6-3)11(7)14/h15H,4-6H2,1-3H3. The smallest absolute Gasteiger partial charge is 0.124 e. The average molecular weight is 336 g/mol. The van der Waals surface area contributed by atoms with Crippen LogP contribution in [0.4, 0.5) is 0 Å². The van der Waals surface area contributed by atoms with Gasteiger partial charge >= 0.3 is 0 Å². The number of halogens is 2. The van der Waals surface area contributed by atoms with Crippen molar-refractivity contribution in [3.63, 3.8) is 0 Å². The van der Waals surface area contributed by atoms with E-state index in [0.717, 1.165) is 39.3 Å². The van der Waals surface area contributed by atoms with Gasteiger partial charge in [0.05, 0.1) is 0 Å². The van der Waals surface area contributed by atoms with Gasteiger partial charge < -0.3 is 5.11 Å². The zero-order valence-electron chi connectivity index (χ0n) is 9.32. The van der Waals surface area contributed by atoms with Crippen LogP contribution in [-0.2, 0) is 19.3 Å². The summed E-state index contributed by atoms with van der Waals surface area (Å²) in [5.41, 5.74) is 3.29. The van der Waals surface area contributed by atoms with E-state index < -0.39 is 0 Å². The summed E-state index contributed by atoms with van der Waals surface area (Å²) in [6.07, 6.45) is 2.65. The van der Waals surface area contributed by atoms with Crippen LogP contribution in [0.5, 0.6) is 5.75 Å². The fourth-order valence-electron chi connectivity index (χ4n) is 1.81. The lowest BCUT2D eigenvalue weighted by molar-refractivity contribution is 0.460. The molecule has 0 aliphatic carbocycles. The highest BCUT2D eigenvalue weighted by molar-refractivity contribution is 9.11. The summed E-state index contributed by atoms with van der Waals surface area (Å²) in [6.45, 7) is 6.25. The molecule has 0 unspecified atom stereocenters. The van der Waals surface area contributed by atoms with Crippen LogP contribution in [-0.4, -0.2) is 5.11 Å². The van der Waals surface area contributed by atoms with Gasteiger partial charge in [-0.1, -0.05) is 52.6 Å². The summed E-state index contributed by atoms with van der Waals surface area (Å²) < 4.78 is 2.10. The Morgan fingerprint density at radius 3 is 1.40 bits per heavy atom. The van der Waals surface area contributed by atoms with Crippen molar-refractivity contribution in [2.24, 2.45) is 0 Å². The summed E-state index contributed by atoms with van der Waals surface area (Å²) in [6, 6.07) is 0. The average Bonchev–Trinajstić information content (AvgIpc) is 2.19. The van der Waals surface area contributed by atoms with Gasteiger partial charge in [0.25, 0.3) is 0 Å². The number of rotatable bonds is 3. The highest BCUT2D eigenvalue weighted by atomic mass is 79.9. The Labute approximate surface area is 108 Å². The zero-order chi connectivity index (χ0) is 11.6. The fourth-order valence-corrected chi connectivity index (χ4v) is 3.97. The normalized spacial score (nSPS) is 10.7. The fraction of sp³-hybridized carbons (Fsp3) is 0.500. The van der Waals surface area contributed by atoms with Crippen LogP contribution < -0.4 is 0 Å². The van der Waals surface area contributed by atoms with E-state index >= 15 is 0 Å². The monoisotopic (exact) mass is 334 g/mol. The van der Waals surface area contributed by atoms with Gasteiger partial charge in [0.2, 0.25) is 0 Å². The van der Waals surface area contributed by atoms with E-state index in [1.165, 1.54) is 5.56 Å². The van der Waals surface area contributed by atoms with Crippen LogP contribution in [0.2, 0.25) is 0 Å². The molecule has 0 radical (unpaired) electrons. The summed E-state index contributed by atoms with van der Waals surface area (Å²) in [5, 5.41) is 10.1. The maximum absolute atomic E-state index is 10.1. The van der Waals surface area contributed by atoms with Gasteiger partial charge in [0.15, 0.2) is 0 Å². The number of phenolic OH excluding ortho intramolecular Hbond substituents is 1. The molecule has 0 saturated heterocycles. The minimum atomic E-state index is 0.441. The Kier molecular flexibility index (Phi) is 4.65. The quantitative estimate of drug-likeness (QED) is 0.855. The second-order valence-corrected chi connectivity index (χ2v) is 5.06. The van der Waals surface area contributed by atoms with Gasteiger partial charge in [-0.15, -0.1) is 0 Å². The predicted octanol–water partition coefficient (Wildman–Crippen LogP) is 4.60. The van der Waals surface area contributed by atoms with Gasteiger partial charge in [-0.3, -0.25) is 0 Å². The van der Waals surface area contributed by atoms with Gasteiger partial charge in [0, 0.05) is 20.1 Å². The Balaban J connectivity index is 3.57. The van der Waals surface area contributed by atoms with Crippen LogP contribution in [0.3, 0.4) is 0 Å². The van der Waals surface area contributed by atoms with Crippen molar-refractivity contribution in [2.45, 2.75) is 40.0 Å². The first-order valence-corrected chi connectivity index (χ1v) is 6.87. The van der Waals surface area contributed by atoms with Crippen LogP contribution in [0.25, 0.3) is 0 Å². The molecule has 3 heteroatoms. The summed E-state index contributed by atoms with van der Waals surface area (Å²) >= 11 is 7.15. The predicted molar refractivity (Wildman–Crippen MR) is 71.6 cm³/mol. The molecule has 0 aliphatic heterocycles. The van der Waals surface area contributed by atoms with E-state index in [1.807, 2.05) is 0 Å². The molecule has 0 saturated carbocycles. The van der Waals surface area contributed by atoms with E-state index in [9.17, 15) is 5.11 Å². The van der Waals surface area contributed by atoms with Crippen molar-refractivity contribution in [1.29, 1.82) is 0 Å². The lowest BCUT2D eigenvalue weighted by Crippen LogP contribution is -1.98. The molecule has 0 bridgehead atoms. The molecule has 0 fully saturated rings. The molecule has 0 aromatic heterocycles. The molecule has 0 aliphatic rings. The van der Waals surface area contributed by atoms with Crippen LogP contribution >= 0.6 is 31.9 Å². The van der Waals surface area contributed by atoms with Crippen LogP contribution in [0, 0.1) is 0 Å². The third-order valence-corrected chi connectivity index (χ3v) is 4.61. The molecule has 0 heterocycles. The molecule has 1 aromatic rings. The maximum Gasteiger partial charge on any atom is 0.124 e. The van der Waals surface area contributed by atoms with Crippen LogP contribution in [0.1, 0.15) is 37.5 Å². The first-order chi connectivity index (χ1) is 7.08. The number of aromatic hydroxyl groups is 1. The highest BCUT2D eigenvalue weighted by Crippen LogP contribution is 2.40. The number of phenols is 1. The molecule has 84 valence electrons. The maximum atomic E-state index is 10.1. The highest BCUT2D eigenvalue weighted by Gasteiger charge is 2.17. The van der Waals surface area contributed by atoms with Gasteiger partial charge in [0.1, 0.15) is 5.75 Å². The third-order valence-electron chi connectivity index (χ3n) is 2.69. The Morgan fingerprint density at radius 2 is 1.13 bits per heavy atom. The number of hydrogen-bond donors (Lipinski definition) is 1. The Morgan fingerprint density at radius 1 is 0.800 bits per heavy atom. The topological polar surface area (TPSA) is 20.2 Å². The van der Waals surface area contributed by atoms with Crippen molar-refractivity contribution in [3.8, 4) is 5.75 Å². The molecule has 0 atom stereocenters. The molecule has 0 spiro atoms. The van der Waals surface area contributed by atoms with Crippen molar-refractivity contribution in [1.82, 2.24) is 0 Å². The lowest BCUT2D eigenvalue weighted by atomic mass is 9.99. The minimum Gasteiger partial charge on any atom is -0.507 e. The van der Waals surface area contributed by atoms with E-state index in [0.29, 0.717) is 5.75 Å². The van der Waals surface area contributed by atoms with Gasteiger partial charge in [-0.05, 0) is 24.8 Å². The third kappa shape index (κ3) is 2.23.